The standard InChI is InChI=1S/C34H23F11/c1-2-3-4-5-18-6-8-19(9-7-18)20-10-11-23(24(35)12-20)21-13-27(38)31(28(39)14-21)33(42)32(41)22-15-25(36)30(26(37)16-22)29(40)17-34(43,44)45/h6-17H,2-5H2,1H3/b29-17-,33-32+. The van der Waals surface area contributed by atoms with E-state index in [9.17, 15) is 43.9 Å². The lowest BCUT2D eigenvalue weighted by atomic mass is 9.97. The molecule has 0 aliphatic heterocycles. The van der Waals surface area contributed by atoms with Crippen molar-refractivity contribution in [3.05, 3.63) is 124 Å². The first-order valence-electron chi connectivity index (χ1n) is 13.6. The fourth-order valence-electron chi connectivity index (χ4n) is 4.69. The van der Waals surface area contributed by atoms with E-state index < -0.39 is 75.5 Å². The minimum Gasteiger partial charge on any atom is -0.206 e. The molecule has 4 aromatic carbocycles. The molecule has 0 saturated carbocycles. The van der Waals surface area contributed by atoms with E-state index in [2.05, 4.69) is 6.92 Å². The van der Waals surface area contributed by atoms with Gasteiger partial charge in [-0.15, -0.1) is 0 Å². The number of rotatable bonds is 9. The molecular formula is C34H23F11. The van der Waals surface area contributed by atoms with Crippen LogP contribution in [0.2, 0.25) is 0 Å². The van der Waals surface area contributed by atoms with E-state index in [0.29, 0.717) is 23.3 Å². The highest BCUT2D eigenvalue weighted by Crippen LogP contribution is 2.37. The van der Waals surface area contributed by atoms with E-state index >= 15 is 4.39 Å². The Labute approximate surface area is 251 Å². The summed E-state index contributed by atoms with van der Waals surface area (Å²) < 4.78 is 154. The summed E-state index contributed by atoms with van der Waals surface area (Å²) in [4.78, 5) is 0. The Morgan fingerprint density at radius 1 is 0.600 bits per heavy atom. The van der Waals surface area contributed by atoms with Gasteiger partial charge in [-0.3, -0.25) is 0 Å². The van der Waals surface area contributed by atoms with Gasteiger partial charge in [0.2, 0.25) is 0 Å². The van der Waals surface area contributed by atoms with Crippen molar-refractivity contribution in [1.29, 1.82) is 0 Å². The van der Waals surface area contributed by atoms with E-state index in [1.54, 1.807) is 0 Å². The quantitative estimate of drug-likeness (QED) is 0.0970. The Kier molecular flexibility index (Phi) is 10.2. The second kappa shape index (κ2) is 13.7. The van der Waals surface area contributed by atoms with Gasteiger partial charge in [0.1, 0.15) is 34.9 Å². The van der Waals surface area contributed by atoms with Gasteiger partial charge in [-0.2, -0.15) is 13.2 Å². The SMILES string of the molecule is CCCCCc1ccc(-c2ccc(-c3cc(F)c(/C(F)=C(\F)c4cc(F)c(/C(F)=C/C(F)(F)F)c(F)c4)c(F)c3)c(F)c2)cc1. The van der Waals surface area contributed by atoms with Gasteiger partial charge in [-0.1, -0.05) is 56.2 Å². The summed E-state index contributed by atoms with van der Waals surface area (Å²) in [5.74, 6) is -15.2. The van der Waals surface area contributed by atoms with Crippen LogP contribution in [-0.4, -0.2) is 6.18 Å². The van der Waals surface area contributed by atoms with Crippen LogP contribution in [0.5, 0.6) is 0 Å². The molecule has 0 nitrogen and oxygen atoms in total. The van der Waals surface area contributed by atoms with Crippen LogP contribution in [0.15, 0.2) is 72.8 Å². The van der Waals surface area contributed by atoms with Gasteiger partial charge >= 0.3 is 6.18 Å². The van der Waals surface area contributed by atoms with E-state index in [4.69, 9.17) is 0 Å². The number of benzene rings is 4. The molecule has 0 heterocycles. The molecule has 0 amide bonds. The van der Waals surface area contributed by atoms with Gasteiger partial charge in [0.15, 0.2) is 11.7 Å². The second-order valence-electron chi connectivity index (χ2n) is 10.1. The van der Waals surface area contributed by atoms with Crippen molar-refractivity contribution in [2.75, 3.05) is 0 Å². The van der Waals surface area contributed by atoms with Crippen molar-refractivity contribution < 1.29 is 48.3 Å². The lowest BCUT2D eigenvalue weighted by molar-refractivity contribution is -0.0798. The molecule has 0 aliphatic carbocycles. The first-order chi connectivity index (χ1) is 21.2. The third-order valence-corrected chi connectivity index (χ3v) is 6.92. The molecule has 0 aromatic heterocycles. The number of unbranched alkanes of at least 4 members (excludes halogenated alkanes) is 2. The molecule has 45 heavy (non-hydrogen) atoms. The number of hydrogen-bond donors (Lipinski definition) is 0. The lowest BCUT2D eigenvalue weighted by Gasteiger charge is -2.11. The molecule has 11 heteroatoms. The maximum atomic E-state index is 15.1. The van der Waals surface area contributed by atoms with Crippen LogP contribution in [0.25, 0.3) is 39.7 Å². The van der Waals surface area contributed by atoms with E-state index in [1.807, 2.05) is 24.3 Å². The molecule has 0 bridgehead atoms. The zero-order valence-electron chi connectivity index (χ0n) is 23.4. The van der Waals surface area contributed by atoms with Crippen LogP contribution < -0.4 is 0 Å². The van der Waals surface area contributed by atoms with Gasteiger partial charge < -0.3 is 0 Å². The minimum atomic E-state index is -5.29. The molecule has 0 spiro atoms. The molecule has 236 valence electrons. The van der Waals surface area contributed by atoms with Gasteiger partial charge in [0.25, 0.3) is 0 Å². The molecule has 4 aromatic rings. The average Bonchev–Trinajstić information content (AvgIpc) is 2.95. The smallest absolute Gasteiger partial charge is 0.206 e. The van der Waals surface area contributed by atoms with Crippen molar-refractivity contribution >= 4 is 17.5 Å². The predicted octanol–water partition coefficient (Wildman–Crippen LogP) is 12.1. The van der Waals surface area contributed by atoms with Crippen LogP contribution >= 0.6 is 0 Å². The summed E-state index contributed by atoms with van der Waals surface area (Å²) in [7, 11) is 0. The van der Waals surface area contributed by atoms with Crippen molar-refractivity contribution in [2.45, 2.75) is 38.8 Å². The first-order valence-corrected chi connectivity index (χ1v) is 13.6. The molecule has 0 radical (unpaired) electrons. The normalized spacial score (nSPS) is 12.8. The summed E-state index contributed by atoms with van der Waals surface area (Å²) in [5, 5.41) is 0. The monoisotopic (exact) mass is 640 g/mol. The predicted molar refractivity (Wildman–Crippen MR) is 151 cm³/mol. The van der Waals surface area contributed by atoms with Crippen molar-refractivity contribution in [3.8, 4) is 22.3 Å². The molecule has 0 unspecified atom stereocenters. The minimum absolute atomic E-state index is 0.0434. The fourth-order valence-corrected chi connectivity index (χ4v) is 4.69. The van der Waals surface area contributed by atoms with Crippen molar-refractivity contribution in [1.82, 2.24) is 0 Å². The second-order valence-corrected chi connectivity index (χ2v) is 10.1. The molecule has 0 N–H and O–H groups in total. The summed E-state index contributed by atoms with van der Waals surface area (Å²) in [6, 6.07) is 12.3. The molecule has 0 fully saturated rings. The molecule has 0 atom stereocenters. The Balaban J connectivity index is 1.64. The fraction of sp³-hybridized carbons (Fsp3) is 0.176. The number of halogens is 11. The van der Waals surface area contributed by atoms with Gasteiger partial charge in [0, 0.05) is 11.1 Å². The first kappa shape index (κ1) is 33.5. The Hall–Kier alpha value is -4.41. The molecular weight excluding hydrogens is 617 g/mol. The number of alkyl halides is 3. The Morgan fingerprint density at radius 2 is 1.13 bits per heavy atom. The number of hydrogen-bond acceptors (Lipinski definition) is 0. The molecule has 0 aliphatic rings. The summed E-state index contributed by atoms with van der Waals surface area (Å²) >= 11 is 0. The maximum absolute atomic E-state index is 15.1. The van der Waals surface area contributed by atoms with Crippen LogP contribution in [0.4, 0.5) is 48.3 Å². The average molecular weight is 641 g/mol. The van der Waals surface area contributed by atoms with Gasteiger partial charge in [0.05, 0.1) is 17.2 Å². The maximum Gasteiger partial charge on any atom is 0.412 e. The van der Waals surface area contributed by atoms with Crippen molar-refractivity contribution in [2.24, 2.45) is 0 Å². The van der Waals surface area contributed by atoms with Crippen LogP contribution in [-0.2, 0) is 6.42 Å². The van der Waals surface area contributed by atoms with E-state index in [1.165, 1.54) is 12.1 Å². The molecule has 4 rings (SSSR count). The van der Waals surface area contributed by atoms with Gasteiger partial charge in [-0.25, -0.2) is 35.1 Å². The highest BCUT2D eigenvalue weighted by atomic mass is 19.4. The number of allylic oxidation sites excluding steroid dienone is 1. The zero-order chi connectivity index (χ0) is 33.1. The molecule has 0 saturated heterocycles. The van der Waals surface area contributed by atoms with Gasteiger partial charge in [-0.05, 0) is 65.4 Å². The third-order valence-electron chi connectivity index (χ3n) is 6.92. The highest BCUT2D eigenvalue weighted by molar-refractivity contribution is 5.85. The number of aryl methyl sites for hydroxylation is 1. The Morgan fingerprint density at radius 3 is 1.67 bits per heavy atom. The summed E-state index contributed by atoms with van der Waals surface area (Å²) in [6.07, 6.45) is -2.22. The highest BCUT2D eigenvalue weighted by Gasteiger charge is 2.29. The van der Waals surface area contributed by atoms with E-state index in [-0.39, 0.29) is 23.3 Å². The zero-order valence-corrected chi connectivity index (χ0v) is 23.4. The third kappa shape index (κ3) is 7.82. The van der Waals surface area contributed by atoms with Crippen LogP contribution in [0, 0.1) is 29.1 Å². The largest absolute Gasteiger partial charge is 0.412 e. The van der Waals surface area contributed by atoms with Crippen LogP contribution in [0.3, 0.4) is 0 Å². The summed E-state index contributed by atoms with van der Waals surface area (Å²) in [6.45, 7) is 2.10. The summed E-state index contributed by atoms with van der Waals surface area (Å²) in [5.41, 5.74) is -3.07. The van der Waals surface area contributed by atoms with E-state index in [0.717, 1.165) is 37.3 Å². The van der Waals surface area contributed by atoms with Crippen molar-refractivity contribution in [3.63, 3.8) is 0 Å². The van der Waals surface area contributed by atoms with Crippen LogP contribution in [0.1, 0.15) is 48.4 Å². The topological polar surface area (TPSA) is 0 Å². The Bertz CT molecular complexity index is 1720. The lowest BCUT2D eigenvalue weighted by Crippen LogP contribution is -2.04.